The summed E-state index contributed by atoms with van der Waals surface area (Å²) < 4.78 is 0. The Balaban J connectivity index is 2.81. The van der Waals surface area contributed by atoms with E-state index in [1.165, 1.54) is 16.7 Å². The highest BCUT2D eigenvalue weighted by molar-refractivity contribution is 5.94. The highest BCUT2D eigenvalue weighted by Crippen LogP contribution is 2.18. The maximum atomic E-state index is 12.9. The van der Waals surface area contributed by atoms with E-state index >= 15 is 0 Å². The van der Waals surface area contributed by atoms with Crippen molar-refractivity contribution in [3.05, 3.63) is 0 Å². The number of rotatable bonds is 9. The highest BCUT2D eigenvalue weighted by atomic mass is 16.2. The van der Waals surface area contributed by atoms with E-state index in [1.54, 1.807) is 14.1 Å². The Hall–Kier alpha value is -2.65. The van der Waals surface area contributed by atoms with Crippen molar-refractivity contribution in [3.8, 4) is 0 Å². The number of likely N-dealkylation sites (tertiary alicyclic amines) is 1. The summed E-state index contributed by atoms with van der Waals surface area (Å²) in [5, 5.41) is 7.80. The second-order valence-corrected chi connectivity index (χ2v) is 8.21. The van der Waals surface area contributed by atoms with Gasteiger partial charge < -0.3 is 25.8 Å². The third-order valence-electron chi connectivity index (χ3n) is 4.87. The van der Waals surface area contributed by atoms with Crippen molar-refractivity contribution >= 4 is 29.5 Å². The van der Waals surface area contributed by atoms with Gasteiger partial charge in [0.1, 0.15) is 12.1 Å². The lowest BCUT2D eigenvalue weighted by molar-refractivity contribution is -0.143. The van der Waals surface area contributed by atoms with Gasteiger partial charge >= 0.3 is 0 Å². The van der Waals surface area contributed by atoms with Gasteiger partial charge in [0.2, 0.25) is 29.5 Å². The van der Waals surface area contributed by atoms with Gasteiger partial charge in [-0.2, -0.15) is 0 Å². The van der Waals surface area contributed by atoms with Gasteiger partial charge in [-0.05, 0) is 31.6 Å². The van der Waals surface area contributed by atoms with Crippen LogP contribution in [0.25, 0.3) is 0 Å². The van der Waals surface area contributed by atoms with Crippen molar-refractivity contribution in [2.24, 2.45) is 5.92 Å². The number of nitrogens with zero attached hydrogens (tertiary/aromatic N) is 2. The number of likely N-dealkylation sites (N-methyl/N-ethyl adjacent to an activating group) is 1. The molecule has 10 nitrogen and oxygen atoms in total. The zero-order valence-electron chi connectivity index (χ0n) is 18.6. The molecule has 0 aromatic heterocycles. The van der Waals surface area contributed by atoms with Crippen LogP contribution in [0.3, 0.4) is 0 Å². The molecule has 2 atom stereocenters. The van der Waals surface area contributed by atoms with Gasteiger partial charge in [0.05, 0.1) is 13.1 Å². The zero-order valence-corrected chi connectivity index (χ0v) is 18.6. The smallest absolute Gasteiger partial charge is 0.243 e. The number of piperidine rings is 1. The van der Waals surface area contributed by atoms with E-state index < -0.39 is 23.9 Å². The van der Waals surface area contributed by atoms with Crippen LogP contribution < -0.4 is 16.0 Å². The minimum atomic E-state index is -0.804. The first-order valence-corrected chi connectivity index (χ1v) is 10.3. The SMILES string of the molecule is CC(=O)NCC(=O)N1CCCC[C@H]1C(=O)N[C@@H](CC(C)C)C(=O)NCC(=O)N(C)C. The lowest BCUT2D eigenvalue weighted by Crippen LogP contribution is -2.58. The van der Waals surface area contributed by atoms with E-state index in [-0.39, 0.29) is 36.7 Å². The van der Waals surface area contributed by atoms with Crippen LogP contribution in [0.5, 0.6) is 0 Å². The molecular formula is C20H35N5O5. The van der Waals surface area contributed by atoms with Crippen molar-refractivity contribution in [1.82, 2.24) is 25.8 Å². The van der Waals surface area contributed by atoms with Crippen LogP contribution in [-0.4, -0.2) is 85.1 Å². The minimum absolute atomic E-state index is 0.134. The minimum Gasteiger partial charge on any atom is -0.347 e. The Morgan fingerprint density at radius 1 is 1.03 bits per heavy atom. The Morgan fingerprint density at radius 2 is 1.70 bits per heavy atom. The molecule has 0 unspecified atom stereocenters. The number of hydrogen-bond donors (Lipinski definition) is 3. The normalized spacial score (nSPS) is 17.1. The molecule has 30 heavy (non-hydrogen) atoms. The Morgan fingerprint density at radius 3 is 2.27 bits per heavy atom. The Labute approximate surface area is 178 Å². The molecule has 0 spiro atoms. The molecule has 0 saturated carbocycles. The van der Waals surface area contributed by atoms with Gasteiger partial charge in [-0.15, -0.1) is 0 Å². The number of hydrogen-bond acceptors (Lipinski definition) is 5. The molecule has 0 aromatic carbocycles. The van der Waals surface area contributed by atoms with Gasteiger partial charge in [-0.1, -0.05) is 13.8 Å². The molecule has 1 fully saturated rings. The largest absolute Gasteiger partial charge is 0.347 e. The average Bonchev–Trinajstić information content (AvgIpc) is 2.68. The summed E-state index contributed by atoms with van der Waals surface area (Å²) in [5.41, 5.74) is 0. The van der Waals surface area contributed by atoms with Crippen LogP contribution in [0.1, 0.15) is 46.5 Å². The molecule has 3 N–H and O–H groups in total. The molecule has 1 aliphatic rings. The third kappa shape index (κ3) is 8.38. The summed E-state index contributed by atoms with van der Waals surface area (Å²) in [5.74, 6) is -1.59. The Bertz CT molecular complexity index is 649. The average molecular weight is 426 g/mol. The summed E-state index contributed by atoms with van der Waals surface area (Å²) in [6.07, 6.45) is 2.46. The first kappa shape index (κ1) is 25.4. The Kier molecular flexibility index (Phi) is 10.3. The fourth-order valence-corrected chi connectivity index (χ4v) is 3.22. The number of nitrogens with one attached hydrogen (secondary N) is 3. The standard InChI is InChI=1S/C20H35N5O5/c1-13(2)10-15(19(29)22-11-17(27)24(4)5)23-20(30)16-8-6-7-9-25(16)18(28)12-21-14(3)26/h13,15-16H,6-12H2,1-5H3,(H,21,26)(H,22,29)(H,23,30)/t15-,16-/m0/s1. The van der Waals surface area contributed by atoms with Crippen molar-refractivity contribution in [3.63, 3.8) is 0 Å². The molecule has 1 rings (SSSR count). The van der Waals surface area contributed by atoms with Crippen LogP contribution in [0, 0.1) is 5.92 Å². The number of amides is 5. The van der Waals surface area contributed by atoms with E-state index in [9.17, 15) is 24.0 Å². The van der Waals surface area contributed by atoms with Gasteiger partial charge in [0, 0.05) is 27.6 Å². The summed E-state index contributed by atoms with van der Waals surface area (Å²) in [6.45, 7) is 5.30. The molecule has 0 radical (unpaired) electrons. The predicted molar refractivity (Wildman–Crippen MR) is 111 cm³/mol. The van der Waals surface area contributed by atoms with Crippen molar-refractivity contribution in [2.75, 3.05) is 33.7 Å². The lowest BCUT2D eigenvalue weighted by Gasteiger charge is -2.35. The third-order valence-corrected chi connectivity index (χ3v) is 4.87. The summed E-state index contributed by atoms with van der Waals surface area (Å²) in [4.78, 5) is 63.7. The summed E-state index contributed by atoms with van der Waals surface area (Å²) in [7, 11) is 3.19. The van der Waals surface area contributed by atoms with Gasteiger partial charge in [0.25, 0.3) is 0 Å². The molecule has 0 aliphatic carbocycles. The predicted octanol–water partition coefficient (Wildman–Crippen LogP) is -0.761. The fourth-order valence-electron chi connectivity index (χ4n) is 3.22. The van der Waals surface area contributed by atoms with Crippen LogP contribution in [0.2, 0.25) is 0 Å². The molecule has 5 amide bonds. The maximum Gasteiger partial charge on any atom is 0.243 e. The summed E-state index contributed by atoms with van der Waals surface area (Å²) in [6, 6.07) is -1.49. The van der Waals surface area contributed by atoms with Crippen molar-refractivity contribution in [1.29, 1.82) is 0 Å². The summed E-state index contributed by atoms with van der Waals surface area (Å²) >= 11 is 0. The highest BCUT2D eigenvalue weighted by Gasteiger charge is 2.34. The van der Waals surface area contributed by atoms with Crippen molar-refractivity contribution in [2.45, 2.75) is 58.5 Å². The second-order valence-electron chi connectivity index (χ2n) is 8.21. The topological polar surface area (TPSA) is 128 Å². The first-order valence-electron chi connectivity index (χ1n) is 10.3. The number of carbonyl (C=O) groups is 5. The quantitative estimate of drug-likeness (QED) is 0.447. The monoisotopic (exact) mass is 425 g/mol. The van der Waals surface area contributed by atoms with Gasteiger partial charge in [-0.3, -0.25) is 24.0 Å². The molecule has 1 aliphatic heterocycles. The number of carbonyl (C=O) groups excluding carboxylic acids is 5. The van der Waals surface area contributed by atoms with E-state index in [2.05, 4.69) is 16.0 Å². The lowest BCUT2D eigenvalue weighted by atomic mass is 9.99. The van der Waals surface area contributed by atoms with E-state index in [0.717, 1.165) is 12.8 Å². The van der Waals surface area contributed by atoms with Crippen LogP contribution in [-0.2, 0) is 24.0 Å². The second kappa shape index (κ2) is 12.1. The zero-order chi connectivity index (χ0) is 22.8. The fraction of sp³-hybridized carbons (Fsp3) is 0.750. The molecule has 10 heteroatoms. The van der Waals surface area contributed by atoms with E-state index in [1.807, 2.05) is 13.8 Å². The maximum absolute atomic E-state index is 12.9. The molecule has 170 valence electrons. The molecule has 0 aromatic rings. The first-order chi connectivity index (χ1) is 14.0. The molecule has 1 heterocycles. The molecule has 1 saturated heterocycles. The van der Waals surface area contributed by atoms with Crippen LogP contribution in [0.4, 0.5) is 0 Å². The van der Waals surface area contributed by atoms with E-state index in [4.69, 9.17) is 0 Å². The van der Waals surface area contributed by atoms with Crippen molar-refractivity contribution < 1.29 is 24.0 Å². The molecule has 0 bridgehead atoms. The van der Waals surface area contributed by atoms with E-state index in [0.29, 0.717) is 19.4 Å². The van der Waals surface area contributed by atoms with Crippen LogP contribution >= 0.6 is 0 Å². The van der Waals surface area contributed by atoms with Gasteiger partial charge in [-0.25, -0.2) is 0 Å². The van der Waals surface area contributed by atoms with Gasteiger partial charge in [0.15, 0.2) is 0 Å². The molecular weight excluding hydrogens is 390 g/mol. The van der Waals surface area contributed by atoms with Crippen LogP contribution in [0.15, 0.2) is 0 Å².